The van der Waals surface area contributed by atoms with Crippen molar-refractivity contribution in [1.82, 2.24) is 0 Å². The van der Waals surface area contributed by atoms with Gasteiger partial charge in [-0.1, -0.05) is 19.4 Å². The van der Waals surface area contributed by atoms with E-state index in [0.717, 1.165) is 6.07 Å². The molecule has 0 N–H and O–H groups in total. The van der Waals surface area contributed by atoms with Crippen molar-refractivity contribution in [3.63, 3.8) is 0 Å². The summed E-state index contributed by atoms with van der Waals surface area (Å²) in [7, 11) is -8.30. The lowest BCUT2D eigenvalue weighted by Gasteiger charge is -2.40. The monoisotopic (exact) mass is 248 g/mol. The van der Waals surface area contributed by atoms with Gasteiger partial charge in [0.05, 0.1) is 7.11 Å². The van der Waals surface area contributed by atoms with Crippen molar-refractivity contribution in [2.24, 2.45) is 0 Å². The van der Waals surface area contributed by atoms with Gasteiger partial charge < -0.3 is 4.74 Å². The number of rotatable bonds is 2. The Hall–Kier alpha value is -0.980. The van der Waals surface area contributed by atoms with Gasteiger partial charge in [-0.25, -0.2) is 0 Å². The van der Waals surface area contributed by atoms with Crippen LogP contribution in [0.1, 0.15) is 5.56 Å². The zero-order valence-electron chi connectivity index (χ0n) is 7.94. The smallest absolute Gasteiger partial charge is 0.310 e. The summed E-state index contributed by atoms with van der Waals surface area (Å²) >= 11 is 0. The van der Waals surface area contributed by atoms with E-state index in [0.29, 0.717) is 12.1 Å². The second-order valence-corrected chi connectivity index (χ2v) is 5.51. The first kappa shape index (κ1) is 12.1. The minimum absolute atomic E-state index is 0.0169. The van der Waals surface area contributed by atoms with Gasteiger partial charge in [-0.15, -0.1) is 0 Å². The Labute approximate surface area is 83.6 Å². The molecule has 7 heteroatoms. The SMILES string of the molecule is COc1ccc(S(F)(F)(F)(F)F)cc1C. The summed E-state index contributed by atoms with van der Waals surface area (Å²) in [5.41, 5.74) is 0.0169. The average Bonchev–Trinajstić information content (AvgIpc) is 2.00. The number of halogens is 5. The second-order valence-electron chi connectivity index (χ2n) is 3.10. The van der Waals surface area contributed by atoms with Crippen LogP contribution in [0.25, 0.3) is 0 Å². The van der Waals surface area contributed by atoms with Crippen molar-refractivity contribution in [3.8, 4) is 5.75 Å². The van der Waals surface area contributed by atoms with Gasteiger partial charge in [0.25, 0.3) is 0 Å². The van der Waals surface area contributed by atoms with Crippen molar-refractivity contribution in [3.05, 3.63) is 23.8 Å². The Kier molecular flexibility index (Phi) is 2.08. The predicted octanol–water partition coefficient (Wildman–Crippen LogP) is 4.66. The maximum absolute atomic E-state index is 12.3. The predicted molar refractivity (Wildman–Crippen MR) is 49.1 cm³/mol. The first-order chi connectivity index (χ1) is 6.44. The van der Waals surface area contributed by atoms with E-state index in [1.54, 1.807) is 0 Å². The van der Waals surface area contributed by atoms with Crippen LogP contribution in [0.3, 0.4) is 0 Å². The molecule has 0 aromatic heterocycles. The summed E-state index contributed by atoms with van der Waals surface area (Å²) in [6.45, 7) is 1.27. The van der Waals surface area contributed by atoms with Gasteiger partial charge in [-0.05, 0) is 30.7 Å². The largest absolute Gasteiger partial charge is 0.496 e. The fraction of sp³-hybridized carbons (Fsp3) is 0.250. The minimum atomic E-state index is -9.56. The van der Waals surface area contributed by atoms with Gasteiger partial charge in [-0.2, -0.15) is 0 Å². The fourth-order valence-corrected chi connectivity index (χ4v) is 1.82. The van der Waals surface area contributed by atoms with Crippen LogP contribution in [0, 0.1) is 6.92 Å². The number of aryl methyl sites for hydroxylation is 1. The summed E-state index contributed by atoms with van der Waals surface area (Å²) in [5, 5.41) is 0. The second kappa shape index (κ2) is 2.58. The third-order valence-electron chi connectivity index (χ3n) is 1.81. The van der Waals surface area contributed by atoms with Gasteiger partial charge in [-0.3, -0.25) is 0 Å². The van der Waals surface area contributed by atoms with E-state index in [1.807, 2.05) is 0 Å². The van der Waals surface area contributed by atoms with Crippen molar-refractivity contribution in [2.75, 3.05) is 7.11 Å². The molecule has 88 valence electrons. The van der Waals surface area contributed by atoms with Crippen LogP contribution >= 0.6 is 10.2 Å². The van der Waals surface area contributed by atoms with Crippen LogP contribution in [0.5, 0.6) is 5.75 Å². The van der Waals surface area contributed by atoms with E-state index in [9.17, 15) is 19.4 Å². The summed E-state index contributed by atoms with van der Waals surface area (Å²) in [4.78, 5) is -1.90. The Morgan fingerprint density at radius 1 is 1.07 bits per heavy atom. The molecule has 1 aromatic carbocycles. The highest BCUT2D eigenvalue weighted by atomic mass is 32.5. The van der Waals surface area contributed by atoms with E-state index < -0.39 is 15.1 Å². The van der Waals surface area contributed by atoms with Gasteiger partial charge >= 0.3 is 10.2 Å². The molecule has 1 rings (SSSR count). The first-order valence-corrected chi connectivity index (χ1v) is 5.78. The van der Waals surface area contributed by atoms with E-state index in [1.165, 1.54) is 14.0 Å². The maximum Gasteiger partial charge on any atom is 0.310 e. The molecule has 0 aliphatic rings. The Morgan fingerprint density at radius 2 is 1.60 bits per heavy atom. The molecule has 0 spiro atoms. The molecule has 0 aliphatic heterocycles. The molecule has 0 atom stereocenters. The van der Waals surface area contributed by atoms with Crippen molar-refractivity contribution in [2.45, 2.75) is 11.8 Å². The Bertz CT molecular complexity index is 396. The minimum Gasteiger partial charge on any atom is -0.496 e. The molecule has 0 bridgehead atoms. The van der Waals surface area contributed by atoms with Gasteiger partial charge in [0, 0.05) is 0 Å². The standard InChI is InChI=1S/C8H9F5OS/c1-6-5-7(3-4-8(6)14-2)15(9,10,11,12)13/h3-5H,1-2H3. The highest BCUT2D eigenvalue weighted by Crippen LogP contribution is 3.02. The lowest BCUT2D eigenvalue weighted by Crippen LogP contribution is -2.06. The molecule has 0 unspecified atom stereocenters. The molecule has 0 amide bonds. The number of benzene rings is 1. The van der Waals surface area contributed by atoms with Crippen molar-refractivity contribution < 1.29 is 24.2 Å². The molecular weight excluding hydrogens is 239 g/mol. The maximum atomic E-state index is 12.3. The van der Waals surface area contributed by atoms with Gasteiger partial charge in [0.15, 0.2) is 0 Å². The van der Waals surface area contributed by atoms with Crippen LogP contribution in [-0.2, 0) is 0 Å². The normalized spacial score (nSPS) is 16.7. The highest BCUT2D eigenvalue weighted by molar-refractivity contribution is 8.45. The third-order valence-corrected chi connectivity index (χ3v) is 2.96. The molecule has 0 saturated carbocycles. The lowest BCUT2D eigenvalue weighted by molar-refractivity contribution is 0.363. The molecule has 1 nitrogen and oxygen atoms in total. The van der Waals surface area contributed by atoms with E-state index in [4.69, 9.17) is 0 Å². The molecule has 0 radical (unpaired) electrons. The molecule has 0 fully saturated rings. The van der Waals surface area contributed by atoms with Crippen LogP contribution in [0.2, 0.25) is 0 Å². The number of methoxy groups -OCH3 is 1. The molecule has 1 aromatic rings. The van der Waals surface area contributed by atoms with Crippen LogP contribution in [0.4, 0.5) is 19.4 Å². The number of hydrogen-bond donors (Lipinski definition) is 0. The number of hydrogen-bond acceptors (Lipinski definition) is 1. The van der Waals surface area contributed by atoms with Crippen LogP contribution in [0.15, 0.2) is 23.1 Å². The van der Waals surface area contributed by atoms with Crippen molar-refractivity contribution in [1.29, 1.82) is 0 Å². The topological polar surface area (TPSA) is 9.23 Å². The molecule has 0 saturated heterocycles. The average molecular weight is 248 g/mol. The lowest BCUT2D eigenvalue weighted by atomic mass is 10.2. The van der Waals surface area contributed by atoms with Gasteiger partial charge in [0.2, 0.25) is 0 Å². The molecule has 0 heterocycles. The number of ether oxygens (including phenoxy) is 1. The van der Waals surface area contributed by atoms with E-state index in [-0.39, 0.29) is 11.3 Å². The zero-order chi connectivity index (χ0) is 12.0. The molecule has 0 aliphatic carbocycles. The summed E-state index contributed by atoms with van der Waals surface area (Å²) in [6.07, 6.45) is 0. The quantitative estimate of drug-likeness (QED) is 0.691. The zero-order valence-corrected chi connectivity index (χ0v) is 8.75. The summed E-state index contributed by atoms with van der Waals surface area (Å²) in [5.74, 6) is 0.139. The van der Waals surface area contributed by atoms with Crippen LogP contribution < -0.4 is 4.74 Å². The van der Waals surface area contributed by atoms with E-state index in [2.05, 4.69) is 4.74 Å². The molecular formula is C8H9F5OS. The molecule has 15 heavy (non-hydrogen) atoms. The first-order valence-electron chi connectivity index (χ1n) is 3.83. The highest BCUT2D eigenvalue weighted by Gasteiger charge is 2.65. The van der Waals surface area contributed by atoms with Gasteiger partial charge in [0.1, 0.15) is 10.6 Å². The summed E-state index contributed by atoms with van der Waals surface area (Å²) < 4.78 is 66.3. The third kappa shape index (κ3) is 2.74. The van der Waals surface area contributed by atoms with Crippen molar-refractivity contribution >= 4 is 10.2 Å². The fourth-order valence-electron chi connectivity index (χ4n) is 1.09. The Morgan fingerprint density at radius 3 is 1.93 bits per heavy atom. The summed E-state index contributed by atoms with van der Waals surface area (Å²) in [6, 6.07) is 1.59. The van der Waals surface area contributed by atoms with Crippen LogP contribution in [-0.4, -0.2) is 7.11 Å². The van der Waals surface area contributed by atoms with E-state index >= 15 is 0 Å². The Balaban J connectivity index is 3.39.